The monoisotopic (exact) mass is 419 g/mol. The highest BCUT2D eigenvalue weighted by Crippen LogP contribution is 2.35. The molecule has 0 aliphatic carbocycles. The normalized spacial score (nSPS) is 12.4. The zero-order valence-corrected chi connectivity index (χ0v) is 16.9. The van der Waals surface area contributed by atoms with Crippen LogP contribution in [-0.4, -0.2) is 15.5 Å². The van der Waals surface area contributed by atoms with Crippen LogP contribution in [0.4, 0.5) is 10.1 Å². The predicted molar refractivity (Wildman–Crippen MR) is 109 cm³/mol. The van der Waals surface area contributed by atoms with Crippen molar-refractivity contribution < 1.29 is 17.5 Å². The molecule has 0 saturated heterocycles. The number of halogens is 2. The minimum absolute atomic E-state index is 0.0582. The Hall–Kier alpha value is -2.57. The van der Waals surface area contributed by atoms with E-state index in [4.69, 9.17) is 16.3 Å². The van der Waals surface area contributed by atoms with Crippen LogP contribution in [0.2, 0.25) is 5.02 Å². The Labute approximate surface area is 169 Å². The molecule has 3 rings (SSSR count). The third-order valence-electron chi connectivity index (χ3n) is 4.39. The van der Waals surface area contributed by atoms with Crippen molar-refractivity contribution in [3.8, 4) is 5.75 Å². The molecule has 0 amide bonds. The fourth-order valence-electron chi connectivity index (χ4n) is 2.98. The van der Waals surface area contributed by atoms with Gasteiger partial charge in [-0.3, -0.25) is 4.31 Å². The van der Waals surface area contributed by atoms with Gasteiger partial charge in [0.2, 0.25) is 0 Å². The summed E-state index contributed by atoms with van der Waals surface area (Å²) in [5.41, 5.74) is 0.632. The van der Waals surface area contributed by atoms with Gasteiger partial charge < -0.3 is 4.74 Å². The minimum Gasteiger partial charge on any atom is -0.497 e. The van der Waals surface area contributed by atoms with Crippen LogP contribution in [0.15, 0.2) is 77.7 Å². The highest BCUT2D eigenvalue weighted by Gasteiger charge is 2.31. The Kier molecular flexibility index (Phi) is 5.91. The smallest absolute Gasteiger partial charge is 0.264 e. The molecular formula is C21H19ClFNO3S. The summed E-state index contributed by atoms with van der Waals surface area (Å²) in [6.45, 7) is 1.64. The van der Waals surface area contributed by atoms with Gasteiger partial charge in [0, 0.05) is 16.7 Å². The van der Waals surface area contributed by atoms with Crippen molar-refractivity contribution in [2.75, 3.05) is 11.4 Å². The molecule has 7 heteroatoms. The quantitative estimate of drug-likeness (QED) is 0.534. The van der Waals surface area contributed by atoms with Crippen LogP contribution in [-0.2, 0) is 10.0 Å². The first kappa shape index (κ1) is 20.2. The molecule has 3 aromatic rings. The van der Waals surface area contributed by atoms with Gasteiger partial charge in [0.1, 0.15) is 11.6 Å². The predicted octanol–water partition coefficient (Wildman–Crippen LogP) is 5.44. The van der Waals surface area contributed by atoms with E-state index in [2.05, 4.69) is 0 Å². The van der Waals surface area contributed by atoms with E-state index in [0.29, 0.717) is 16.5 Å². The Morgan fingerprint density at radius 3 is 2.32 bits per heavy atom. The van der Waals surface area contributed by atoms with Crippen molar-refractivity contribution in [1.82, 2.24) is 0 Å². The van der Waals surface area contributed by atoms with Crippen molar-refractivity contribution in [3.05, 3.63) is 89.2 Å². The number of hydrogen-bond acceptors (Lipinski definition) is 3. The van der Waals surface area contributed by atoms with Crippen molar-refractivity contribution >= 4 is 27.3 Å². The first-order valence-corrected chi connectivity index (χ1v) is 10.3. The second kappa shape index (κ2) is 8.20. The Morgan fingerprint density at radius 1 is 1.00 bits per heavy atom. The number of ether oxygens (including phenoxy) is 1. The lowest BCUT2D eigenvalue weighted by Gasteiger charge is -2.31. The van der Waals surface area contributed by atoms with Crippen LogP contribution in [0.3, 0.4) is 0 Å². The second-order valence-corrected chi connectivity index (χ2v) is 8.41. The first-order valence-electron chi connectivity index (χ1n) is 8.53. The van der Waals surface area contributed by atoms with E-state index < -0.39 is 21.9 Å². The molecule has 28 heavy (non-hydrogen) atoms. The van der Waals surface area contributed by atoms with Crippen LogP contribution in [0.1, 0.15) is 18.5 Å². The molecule has 1 atom stereocenters. The van der Waals surface area contributed by atoms with Crippen molar-refractivity contribution in [2.45, 2.75) is 17.9 Å². The molecule has 0 radical (unpaired) electrons. The van der Waals surface area contributed by atoms with Gasteiger partial charge in [-0.25, -0.2) is 12.8 Å². The fraction of sp³-hybridized carbons (Fsp3) is 0.143. The van der Waals surface area contributed by atoms with Gasteiger partial charge in [-0.05, 0) is 49.4 Å². The molecule has 0 unspecified atom stereocenters. The molecule has 0 saturated carbocycles. The van der Waals surface area contributed by atoms with E-state index in [1.807, 2.05) is 0 Å². The molecule has 0 N–H and O–H groups in total. The third-order valence-corrected chi connectivity index (χ3v) is 6.55. The number of rotatable bonds is 6. The summed E-state index contributed by atoms with van der Waals surface area (Å²) in [7, 11) is -2.51. The summed E-state index contributed by atoms with van der Waals surface area (Å²) in [6.07, 6.45) is 0. The summed E-state index contributed by atoms with van der Waals surface area (Å²) < 4.78 is 47.8. The van der Waals surface area contributed by atoms with E-state index in [-0.39, 0.29) is 10.5 Å². The van der Waals surface area contributed by atoms with E-state index in [0.717, 1.165) is 0 Å². The summed E-state index contributed by atoms with van der Waals surface area (Å²) in [6, 6.07) is 17.8. The zero-order valence-electron chi connectivity index (χ0n) is 15.3. The maximum atomic E-state index is 14.4. The number of methoxy groups -OCH3 is 1. The van der Waals surface area contributed by atoms with Gasteiger partial charge >= 0.3 is 0 Å². The van der Waals surface area contributed by atoms with Gasteiger partial charge in [-0.15, -0.1) is 0 Å². The van der Waals surface area contributed by atoms with Crippen molar-refractivity contribution in [3.63, 3.8) is 0 Å². The standard InChI is InChI=1S/C21H19ClFNO3S/c1-15(20-8-3-4-9-21(20)23)24(17-6-5-7-18(14-17)27-2)28(25,26)19-12-10-16(22)11-13-19/h3-15H,1-2H3/t15-/m0/s1. The molecule has 0 spiro atoms. The van der Waals surface area contributed by atoms with Crippen LogP contribution in [0.5, 0.6) is 5.75 Å². The molecule has 0 heterocycles. The van der Waals surface area contributed by atoms with Crippen LogP contribution in [0, 0.1) is 5.82 Å². The lowest BCUT2D eigenvalue weighted by Crippen LogP contribution is -2.34. The van der Waals surface area contributed by atoms with E-state index >= 15 is 0 Å². The van der Waals surface area contributed by atoms with E-state index in [1.165, 1.54) is 41.7 Å². The van der Waals surface area contributed by atoms with Crippen molar-refractivity contribution in [2.24, 2.45) is 0 Å². The second-order valence-electron chi connectivity index (χ2n) is 6.15. The average molecular weight is 420 g/mol. The van der Waals surface area contributed by atoms with Gasteiger partial charge in [-0.1, -0.05) is 35.9 Å². The molecule has 146 valence electrons. The summed E-state index contributed by atoms with van der Waals surface area (Å²) >= 11 is 5.90. The van der Waals surface area contributed by atoms with Gasteiger partial charge in [0.25, 0.3) is 10.0 Å². The number of anilines is 1. The Bertz CT molecular complexity index is 1070. The molecular weight excluding hydrogens is 401 g/mol. The van der Waals surface area contributed by atoms with Crippen molar-refractivity contribution in [1.29, 1.82) is 0 Å². The maximum Gasteiger partial charge on any atom is 0.264 e. The number of hydrogen-bond donors (Lipinski definition) is 0. The lowest BCUT2D eigenvalue weighted by molar-refractivity contribution is 0.415. The Morgan fingerprint density at radius 2 is 1.68 bits per heavy atom. The zero-order chi connectivity index (χ0) is 20.3. The molecule has 3 aromatic carbocycles. The van der Waals surface area contributed by atoms with E-state index in [9.17, 15) is 12.8 Å². The highest BCUT2D eigenvalue weighted by atomic mass is 35.5. The van der Waals surface area contributed by atoms with Gasteiger partial charge in [-0.2, -0.15) is 0 Å². The largest absolute Gasteiger partial charge is 0.497 e. The summed E-state index contributed by atoms with van der Waals surface area (Å²) in [5.74, 6) is 0.0174. The molecule has 0 aliphatic rings. The average Bonchev–Trinajstić information content (AvgIpc) is 2.68. The molecule has 4 nitrogen and oxygen atoms in total. The highest BCUT2D eigenvalue weighted by molar-refractivity contribution is 7.92. The van der Waals surface area contributed by atoms with Crippen LogP contribution < -0.4 is 9.04 Å². The minimum atomic E-state index is -4.01. The Balaban J connectivity index is 2.19. The molecule has 0 bridgehead atoms. The van der Waals surface area contributed by atoms with Gasteiger partial charge in [0.15, 0.2) is 0 Å². The molecule has 0 aromatic heterocycles. The van der Waals surface area contributed by atoms with Crippen LogP contribution >= 0.6 is 11.6 Å². The number of nitrogens with zero attached hydrogens (tertiary/aromatic N) is 1. The van der Waals surface area contributed by atoms with Gasteiger partial charge in [0.05, 0.1) is 23.7 Å². The topological polar surface area (TPSA) is 46.6 Å². The summed E-state index contributed by atoms with van der Waals surface area (Å²) in [4.78, 5) is 0.0582. The first-order chi connectivity index (χ1) is 13.3. The molecule has 0 aliphatic heterocycles. The number of benzene rings is 3. The van der Waals surface area contributed by atoms with Crippen LogP contribution in [0.25, 0.3) is 0 Å². The summed E-state index contributed by atoms with van der Waals surface area (Å²) in [5, 5.41) is 0.425. The third kappa shape index (κ3) is 3.98. The fourth-order valence-corrected chi connectivity index (χ4v) is 4.73. The molecule has 0 fully saturated rings. The SMILES string of the molecule is COc1cccc(N([C@@H](C)c2ccccc2F)S(=O)(=O)c2ccc(Cl)cc2)c1. The lowest BCUT2D eigenvalue weighted by atomic mass is 10.1. The maximum absolute atomic E-state index is 14.4. The van der Waals surface area contributed by atoms with E-state index in [1.54, 1.807) is 49.4 Å². The number of sulfonamides is 1.